The quantitative estimate of drug-likeness (QED) is 0.923. The van der Waals surface area contributed by atoms with Gasteiger partial charge in [0.1, 0.15) is 5.82 Å². The lowest BCUT2D eigenvalue weighted by Gasteiger charge is -2.12. The maximum Gasteiger partial charge on any atom is 0.292 e. The maximum absolute atomic E-state index is 12.4. The molecule has 23 heavy (non-hydrogen) atoms. The summed E-state index contributed by atoms with van der Waals surface area (Å²) in [6.07, 6.45) is 3.31. The number of amides is 1. The first-order chi connectivity index (χ1) is 11.0. The Morgan fingerprint density at radius 1 is 1.22 bits per heavy atom. The number of anilines is 1. The van der Waals surface area contributed by atoms with Crippen molar-refractivity contribution in [1.82, 2.24) is 9.29 Å². The first-order valence-corrected chi connectivity index (χ1v) is 8.75. The van der Waals surface area contributed by atoms with Crippen molar-refractivity contribution in [2.75, 3.05) is 18.4 Å². The van der Waals surface area contributed by atoms with Crippen molar-refractivity contribution in [2.24, 2.45) is 0 Å². The molecule has 122 valence electrons. The number of sulfonamides is 1. The molecule has 0 aliphatic carbocycles. The molecule has 3 heterocycles. The van der Waals surface area contributed by atoms with Crippen LogP contribution in [0.1, 0.15) is 29.0 Å². The Labute approximate surface area is 134 Å². The van der Waals surface area contributed by atoms with Crippen LogP contribution >= 0.6 is 0 Å². The van der Waals surface area contributed by atoms with Gasteiger partial charge in [-0.3, -0.25) is 4.79 Å². The van der Waals surface area contributed by atoms with Gasteiger partial charge in [-0.1, -0.05) is 6.07 Å². The molecule has 0 atom stereocenters. The van der Waals surface area contributed by atoms with E-state index in [2.05, 4.69) is 10.3 Å². The third kappa shape index (κ3) is 3.27. The summed E-state index contributed by atoms with van der Waals surface area (Å²) >= 11 is 0. The predicted octanol–water partition coefficient (Wildman–Crippen LogP) is 2.02. The lowest BCUT2D eigenvalue weighted by atomic mass is 10.3. The second-order valence-electron chi connectivity index (χ2n) is 5.40. The van der Waals surface area contributed by atoms with Gasteiger partial charge < -0.3 is 9.73 Å². The van der Waals surface area contributed by atoms with Crippen LogP contribution in [-0.2, 0) is 10.0 Å². The second kappa shape index (κ2) is 6.13. The summed E-state index contributed by atoms with van der Waals surface area (Å²) in [6, 6.07) is 6.14. The van der Waals surface area contributed by atoms with Crippen molar-refractivity contribution in [1.29, 1.82) is 0 Å². The molecule has 2 aromatic rings. The fraction of sp³-hybridized carbons (Fsp3) is 0.333. The summed E-state index contributed by atoms with van der Waals surface area (Å²) in [5.41, 5.74) is 0.972. The molecule has 0 saturated carbocycles. The highest BCUT2D eigenvalue weighted by Crippen LogP contribution is 2.23. The average molecular weight is 335 g/mol. The topological polar surface area (TPSA) is 92.5 Å². The molecular formula is C15H17N3O4S. The zero-order valence-electron chi connectivity index (χ0n) is 12.7. The highest BCUT2D eigenvalue weighted by molar-refractivity contribution is 7.89. The van der Waals surface area contributed by atoms with Gasteiger partial charge in [-0.05, 0) is 43.5 Å². The molecule has 0 spiro atoms. The van der Waals surface area contributed by atoms with Crippen molar-refractivity contribution in [2.45, 2.75) is 24.9 Å². The lowest BCUT2D eigenvalue weighted by molar-refractivity contribution is 0.0991. The molecular weight excluding hydrogens is 318 g/mol. The molecule has 1 fully saturated rings. The molecule has 7 nitrogen and oxygen atoms in total. The molecule has 8 heteroatoms. The SMILES string of the molecule is Cc1ccc(NC(=O)c2ccc(S(=O)(=O)N3CCCC3)o2)nc1. The summed E-state index contributed by atoms with van der Waals surface area (Å²) in [4.78, 5) is 16.2. The van der Waals surface area contributed by atoms with Crippen molar-refractivity contribution < 1.29 is 17.6 Å². The van der Waals surface area contributed by atoms with Gasteiger partial charge in [0, 0.05) is 19.3 Å². The van der Waals surface area contributed by atoms with Gasteiger partial charge in [0.05, 0.1) is 0 Å². The Hall–Kier alpha value is -2.19. The molecule has 1 amide bonds. The van der Waals surface area contributed by atoms with E-state index in [0.717, 1.165) is 18.4 Å². The number of carbonyl (C=O) groups excluding carboxylic acids is 1. The van der Waals surface area contributed by atoms with Crippen LogP contribution in [0.3, 0.4) is 0 Å². The predicted molar refractivity (Wildman–Crippen MR) is 83.6 cm³/mol. The number of carbonyl (C=O) groups is 1. The summed E-state index contributed by atoms with van der Waals surface area (Å²) in [5.74, 6) is -0.227. The first-order valence-electron chi connectivity index (χ1n) is 7.31. The molecule has 3 rings (SSSR count). The number of aromatic nitrogens is 1. The van der Waals surface area contributed by atoms with Crippen molar-refractivity contribution in [3.8, 4) is 0 Å². The van der Waals surface area contributed by atoms with Crippen LogP contribution in [0.25, 0.3) is 0 Å². The third-order valence-electron chi connectivity index (χ3n) is 3.62. The van der Waals surface area contributed by atoms with Crippen LogP contribution < -0.4 is 5.32 Å². The number of rotatable bonds is 4. The van der Waals surface area contributed by atoms with Crippen LogP contribution in [0, 0.1) is 6.92 Å². The van der Waals surface area contributed by atoms with E-state index in [1.54, 1.807) is 12.3 Å². The van der Waals surface area contributed by atoms with E-state index in [1.165, 1.54) is 16.4 Å². The minimum Gasteiger partial charge on any atom is -0.438 e. The lowest BCUT2D eigenvalue weighted by Crippen LogP contribution is -2.27. The molecule has 2 aromatic heterocycles. The summed E-state index contributed by atoms with van der Waals surface area (Å²) in [5, 5.41) is 2.36. The Balaban J connectivity index is 1.76. The summed E-state index contributed by atoms with van der Waals surface area (Å²) < 4.78 is 31.3. The van der Waals surface area contributed by atoms with E-state index in [9.17, 15) is 13.2 Å². The molecule has 1 aliphatic heterocycles. The van der Waals surface area contributed by atoms with Gasteiger partial charge in [-0.15, -0.1) is 0 Å². The Kier molecular flexibility index (Phi) is 4.18. The molecule has 0 bridgehead atoms. The first kappa shape index (κ1) is 15.7. The zero-order chi connectivity index (χ0) is 16.4. The summed E-state index contributed by atoms with van der Waals surface area (Å²) in [6.45, 7) is 2.86. The van der Waals surface area contributed by atoms with Crippen LogP contribution in [0.5, 0.6) is 0 Å². The Morgan fingerprint density at radius 3 is 2.61 bits per heavy atom. The normalized spacial score (nSPS) is 15.7. The molecule has 1 N–H and O–H groups in total. The monoisotopic (exact) mass is 335 g/mol. The minimum absolute atomic E-state index is 0.0647. The van der Waals surface area contributed by atoms with E-state index in [-0.39, 0.29) is 10.9 Å². The smallest absolute Gasteiger partial charge is 0.292 e. The number of aryl methyl sites for hydroxylation is 1. The highest BCUT2D eigenvalue weighted by atomic mass is 32.2. The maximum atomic E-state index is 12.4. The van der Waals surface area contributed by atoms with Gasteiger partial charge >= 0.3 is 0 Å². The highest BCUT2D eigenvalue weighted by Gasteiger charge is 2.30. The van der Waals surface area contributed by atoms with Crippen molar-refractivity contribution >= 4 is 21.7 Å². The second-order valence-corrected chi connectivity index (χ2v) is 7.27. The van der Waals surface area contributed by atoms with Crippen molar-refractivity contribution in [3.05, 3.63) is 41.8 Å². The fourth-order valence-corrected chi connectivity index (χ4v) is 3.78. The van der Waals surface area contributed by atoms with Crippen LogP contribution in [0.15, 0.2) is 40.0 Å². The molecule has 0 unspecified atom stereocenters. The number of nitrogens with one attached hydrogen (secondary N) is 1. The average Bonchev–Trinajstić information content (AvgIpc) is 3.21. The number of furan rings is 1. The fourth-order valence-electron chi connectivity index (χ4n) is 2.36. The van der Waals surface area contributed by atoms with E-state index < -0.39 is 15.9 Å². The van der Waals surface area contributed by atoms with Gasteiger partial charge in [0.25, 0.3) is 15.9 Å². The zero-order valence-corrected chi connectivity index (χ0v) is 13.5. The van der Waals surface area contributed by atoms with E-state index in [4.69, 9.17) is 4.42 Å². The van der Waals surface area contributed by atoms with E-state index in [1.807, 2.05) is 13.0 Å². The van der Waals surface area contributed by atoms with Gasteiger partial charge in [-0.25, -0.2) is 13.4 Å². The molecule has 1 saturated heterocycles. The van der Waals surface area contributed by atoms with E-state index >= 15 is 0 Å². The molecule has 0 radical (unpaired) electrons. The molecule has 1 aliphatic rings. The minimum atomic E-state index is -3.66. The van der Waals surface area contributed by atoms with E-state index in [0.29, 0.717) is 18.9 Å². The Morgan fingerprint density at radius 2 is 1.96 bits per heavy atom. The number of hydrogen-bond acceptors (Lipinski definition) is 5. The number of hydrogen-bond donors (Lipinski definition) is 1. The van der Waals surface area contributed by atoms with Crippen LogP contribution in [-0.4, -0.2) is 36.7 Å². The summed E-state index contributed by atoms with van der Waals surface area (Å²) in [7, 11) is -3.66. The van der Waals surface area contributed by atoms with Crippen molar-refractivity contribution in [3.63, 3.8) is 0 Å². The molecule has 0 aromatic carbocycles. The standard InChI is InChI=1S/C15H17N3O4S/c1-11-4-6-13(16-10-11)17-15(19)12-5-7-14(22-12)23(20,21)18-8-2-3-9-18/h4-7,10H,2-3,8-9H2,1H3,(H,16,17,19). The van der Waals surface area contributed by atoms with Gasteiger partial charge in [0.2, 0.25) is 5.09 Å². The van der Waals surface area contributed by atoms with Gasteiger partial charge in [-0.2, -0.15) is 4.31 Å². The van der Waals surface area contributed by atoms with Gasteiger partial charge in [0.15, 0.2) is 5.76 Å². The number of pyridine rings is 1. The number of nitrogens with zero attached hydrogens (tertiary/aromatic N) is 2. The Bertz CT molecular complexity index is 806. The van der Waals surface area contributed by atoms with Crippen LogP contribution in [0.4, 0.5) is 5.82 Å². The largest absolute Gasteiger partial charge is 0.438 e. The third-order valence-corrected chi connectivity index (χ3v) is 5.39. The van der Waals surface area contributed by atoms with Crippen LogP contribution in [0.2, 0.25) is 0 Å².